The van der Waals surface area contributed by atoms with Gasteiger partial charge in [0.15, 0.2) is 0 Å². The zero-order valence-corrected chi connectivity index (χ0v) is 11.9. The van der Waals surface area contributed by atoms with Crippen molar-refractivity contribution >= 4 is 10.0 Å². The molecule has 0 aromatic carbocycles. The molecule has 0 aliphatic heterocycles. The molecule has 1 aromatic rings. The number of hydrogen-bond acceptors (Lipinski definition) is 3. The van der Waals surface area contributed by atoms with E-state index >= 15 is 0 Å². The Hall–Kier alpha value is -0.880. The molecule has 1 aliphatic carbocycles. The van der Waals surface area contributed by atoms with Crippen molar-refractivity contribution in [2.45, 2.75) is 44.0 Å². The first-order chi connectivity index (χ1) is 8.40. The molecule has 1 N–H and O–H groups in total. The van der Waals surface area contributed by atoms with Gasteiger partial charge in [-0.25, -0.2) is 13.1 Å². The maximum absolute atomic E-state index is 12.2. The van der Waals surface area contributed by atoms with Gasteiger partial charge in [-0.2, -0.15) is 5.10 Å². The van der Waals surface area contributed by atoms with Crippen LogP contribution in [0.4, 0.5) is 0 Å². The summed E-state index contributed by atoms with van der Waals surface area (Å²) in [6.45, 7) is 4.31. The van der Waals surface area contributed by atoms with Gasteiger partial charge in [0, 0.05) is 19.3 Å². The van der Waals surface area contributed by atoms with Gasteiger partial charge in [-0.1, -0.05) is 26.7 Å². The molecule has 0 radical (unpaired) electrons. The minimum absolute atomic E-state index is 0.0407. The van der Waals surface area contributed by atoms with Crippen molar-refractivity contribution in [1.29, 1.82) is 0 Å². The van der Waals surface area contributed by atoms with Crippen LogP contribution in [0.3, 0.4) is 0 Å². The van der Waals surface area contributed by atoms with Gasteiger partial charge >= 0.3 is 0 Å². The van der Waals surface area contributed by atoms with E-state index in [9.17, 15) is 8.42 Å². The summed E-state index contributed by atoms with van der Waals surface area (Å²) in [6, 6.07) is 0.0407. The molecule has 1 aromatic heterocycles. The van der Waals surface area contributed by atoms with Gasteiger partial charge in [0.05, 0.1) is 6.20 Å². The Labute approximate surface area is 109 Å². The van der Waals surface area contributed by atoms with E-state index in [-0.39, 0.29) is 10.9 Å². The van der Waals surface area contributed by atoms with Crippen LogP contribution in [-0.2, 0) is 17.1 Å². The summed E-state index contributed by atoms with van der Waals surface area (Å²) in [5.74, 6) is 0.950. The number of hydrogen-bond donors (Lipinski definition) is 1. The first-order valence-corrected chi connectivity index (χ1v) is 7.89. The Kier molecular flexibility index (Phi) is 3.77. The summed E-state index contributed by atoms with van der Waals surface area (Å²) < 4.78 is 28.7. The van der Waals surface area contributed by atoms with E-state index in [2.05, 4.69) is 23.7 Å². The predicted molar refractivity (Wildman–Crippen MR) is 69.5 cm³/mol. The molecular weight excluding hydrogens is 250 g/mol. The van der Waals surface area contributed by atoms with Crippen LogP contribution < -0.4 is 4.72 Å². The smallest absolute Gasteiger partial charge is 0.243 e. The fourth-order valence-electron chi connectivity index (χ4n) is 2.55. The van der Waals surface area contributed by atoms with Gasteiger partial charge in [0.2, 0.25) is 10.0 Å². The van der Waals surface area contributed by atoms with E-state index in [0.717, 1.165) is 12.8 Å². The van der Waals surface area contributed by atoms with Crippen LogP contribution in [0.25, 0.3) is 0 Å². The van der Waals surface area contributed by atoms with Gasteiger partial charge < -0.3 is 0 Å². The van der Waals surface area contributed by atoms with E-state index in [0.29, 0.717) is 11.8 Å². The summed E-state index contributed by atoms with van der Waals surface area (Å²) >= 11 is 0. The third-order valence-electron chi connectivity index (χ3n) is 4.00. The highest BCUT2D eigenvalue weighted by atomic mass is 32.2. The van der Waals surface area contributed by atoms with Crippen molar-refractivity contribution < 1.29 is 8.42 Å². The molecule has 0 spiro atoms. The van der Waals surface area contributed by atoms with Crippen LogP contribution in [0.5, 0.6) is 0 Å². The lowest BCUT2D eigenvalue weighted by Crippen LogP contribution is -2.43. The second-order valence-electron chi connectivity index (χ2n) is 5.34. The lowest BCUT2D eigenvalue weighted by molar-refractivity contribution is 0.227. The molecule has 18 heavy (non-hydrogen) atoms. The molecule has 1 saturated carbocycles. The number of nitrogens with one attached hydrogen (secondary N) is 1. The molecule has 1 fully saturated rings. The van der Waals surface area contributed by atoms with Gasteiger partial charge in [-0.15, -0.1) is 0 Å². The van der Waals surface area contributed by atoms with Crippen LogP contribution >= 0.6 is 0 Å². The number of nitrogens with zero attached hydrogens (tertiary/aromatic N) is 2. The van der Waals surface area contributed by atoms with Crippen molar-refractivity contribution in [2.75, 3.05) is 0 Å². The highest BCUT2D eigenvalue weighted by Crippen LogP contribution is 2.30. The van der Waals surface area contributed by atoms with Gasteiger partial charge in [0.1, 0.15) is 4.90 Å². The maximum atomic E-state index is 12.2. The van der Waals surface area contributed by atoms with Crippen molar-refractivity contribution in [3.63, 3.8) is 0 Å². The molecule has 1 aliphatic rings. The average Bonchev–Trinajstić information content (AvgIpc) is 2.72. The molecule has 0 saturated heterocycles. The third kappa shape index (κ3) is 2.75. The lowest BCUT2D eigenvalue weighted by Gasteiger charge is -2.34. The Bertz CT molecular complexity index is 509. The van der Waals surface area contributed by atoms with Gasteiger partial charge in [-0.05, 0) is 18.3 Å². The minimum Gasteiger partial charge on any atom is -0.274 e. The van der Waals surface area contributed by atoms with Crippen molar-refractivity contribution in [3.05, 3.63) is 12.4 Å². The third-order valence-corrected chi connectivity index (χ3v) is 5.45. The summed E-state index contributed by atoms with van der Waals surface area (Å²) in [4.78, 5) is 0.246. The highest BCUT2D eigenvalue weighted by molar-refractivity contribution is 7.89. The van der Waals surface area contributed by atoms with Gasteiger partial charge in [0.25, 0.3) is 0 Å². The normalized spacial score (nSPS) is 29.4. The summed E-state index contributed by atoms with van der Waals surface area (Å²) in [5, 5.41) is 3.91. The van der Waals surface area contributed by atoms with Crippen LogP contribution in [0.15, 0.2) is 17.3 Å². The fraction of sp³-hybridized carbons (Fsp3) is 0.750. The quantitative estimate of drug-likeness (QED) is 0.906. The molecule has 3 atom stereocenters. The van der Waals surface area contributed by atoms with Crippen molar-refractivity contribution in [2.24, 2.45) is 18.9 Å². The predicted octanol–water partition coefficient (Wildman–Crippen LogP) is 1.52. The van der Waals surface area contributed by atoms with Crippen LogP contribution in [0, 0.1) is 11.8 Å². The molecule has 2 rings (SSSR count). The van der Waals surface area contributed by atoms with Crippen molar-refractivity contribution in [3.8, 4) is 0 Å². The van der Waals surface area contributed by atoms with E-state index in [1.807, 2.05) is 0 Å². The van der Waals surface area contributed by atoms with E-state index < -0.39 is 10.0 Å². The Morgan fingerprint density at radius 2 is 2.11 bits per heavy atom. The molecular formula is C12H21N3O2S. The number of sulfonamides is 1. The lowest BCUT2D eigenvalue weighted by atomic mass is 9.78. The topological polar surface area (TPSA) is 64.0 Å². The average molecular weight is 271 g/mol. The summed E-state index contributed by atoms with van der Waals surface area (Å²) in [6.07, 6.45) is 6.11. The molecule has 6 heteroatoms. The Balaban J connectivity index is 2.13. The SMILES string of the molecule is C[C@@H]1[C@H](C)CCC[C@H]1NS(=O)(=O)c1cnn(C)c1. The Morgan fingerprint density at radius 3 is 2.72 bits per heavy atom. The van der Waals surface area contributed by atoms with Crippen LogP contribution in [-0.4, -0.2) is 24.2 Å². The van der Waals surface area contributed by atoms with E-state index in [4.69, 9.17) is 0 Å². The second-order valence-corrected chi connectivity index (χ2v) is 7.06. The number of aromatic nitrogens is 2. The standard InChI is InChI=1S/C12H21N3O2S/c1-9-5-4-6-12(10(9)2)14-18(16,17)11-7-13-15(3)8-11/h7-10,12,14H,4-6H2,1-3H3/t9-,10-,12-/m1/s1. The highest BCUT2D eigenvalue weighted by Gasteiger charge is 2.31. The first-order valence-electron chi connectivity index (χ1n) is 6.41. The van der Waals surface area contributed by atoms with Crippen molar-refractivity contribution in [1.82, 2.24) is 14.5 Å². The molecule has 0 unspecified atom stereocenters. The second kappa shape index (κ2) is 5.01. The zero-order chi connectivity index (χ0) is 13.3. The van der Waals surface area contributed by atoms with Gasteiger partial charge in [-0.3, -0.25) is 4.68 Å². The summed E-state index contributed by atoms with van der Waals surface area (Å²) in [5.41, 5.74) is 0. The van der Waals surface area contributed by atoms with E-state index in [1.165, 1.54) is 23.5 Å². The van der Waals surface area contributed by atoms with Crippen LogP contribution in [0.2, 0.25) is 0 Å². The largest absolute Gasteiger partial charge is 0.274 e. The number of aryl methyl sites for hydroxylation is 1. The molecule has 1 heterocycles. The molecule has 0 amide bonds. The minimum atomic E-state index is -3.43. The monoisotopic (exact) mass is 271 g/mol. The molecule has 5 nitrogen and oxygen atoms in total. The van der Waals surface area contributed by atoms with Crippen LogP contribution in [0.1, 0.15) is 33.1 Å². The molecule has 102 valence electrons. The summed E-state index contributed by atoms with van der Waals surface area (Å²) in [7, 11) is -1.72. The Morgan fingerprint density at radius 1 is 1.39 bits per heavy atom. The number of rotatable bonds is 3. The fourth-order valence-corrected chi connectivity index (χ4v) is 3.90. The first kappa shape index (κ1) is 13.5. The maximum Gasteiger partial charge on any atom is 0.243 e. The molecule has 0 bridgehead atoms. The zero-order valence-electron chi connectivity index (χ0n) is 11.1. The van der Waals surface area contributed by atoms with E-state index in [1.54, 1.807) is 7.05 Å².